The van der Waals surface area contributed by atoms with Gasteiger partial charge in [-0.1, -0.05) is 20.8 Å². The molecule has 0 aliphatic carbocycles. The van der Waals surface area contributed by atoms with E-state index in [9.17, 15) is 4.79 Å². The molecule has 14 heavy (non-hydrogen) atoms. The Morgan fingerprint density at radius 2 is 1.86 bits per heavy atom. The van der Waals surface area contributed by atoms with Gasteiger partial charge in [0.25, 0.3) is 0 Å². The smallest absolute Gasteiger partial charge is 0.216 e. The van der Waals surface area contributed by atoms with Gasteiger partial charge in [0.1, 0.15) is 0 Å². The predicted molar refractivity (Wildman–Crippen MR) is 61.8 cm³/mol. The second-order valence-electron chi connectivity index (χ2n) is 5.09. The molecule has 0 aromatic rings. The van der Waals surface area contributed by atoms with Gasteiger partial charge in [-0.2, -0.15) is 0 Å². The Morgan fingerprint density at radius 1 is 1.36 bits per heavy atom. The molecule has 0 aliphatic rings. The van der Waals surface area contributed by atoms with Gasteiger partial charge in [-0.15, -0.1) is 0 Å². The molecule has 0 rings (SSSR count). The van der Waals surface area contributed by atoms with E-state index in [1.807, 2.05) is 0 Å². The quantitative estimate of drug-likeness (QED) is 0.579. The van der Waals surface area contributed by atoms with Crippen molar-refractivity contribution in [3.63, 3.8) is 0 Å². The molecule has 4 heteroatoms. The summed E-state index contributed by atoms with van der Waals surface area (Å²) in [7, 11) is -1.63. The Labute approximate surface area is 88.4 Å². The minimum atomic E-state index is -1.63. The molecule has 0 spiro atoms. The molecule has 0 aliphatic heterocycles. The van der Waals surface area contributed by atoms with Crippen molar-refractivity contribution in [2.75, 3.05) is 13.2 Å². The lowest BCUT2D eigenvalue weighted by molar-refractivity contribution is -0.119. The first-order valence-corrected chi connectivity index (χ1v) is 7.96. The number of amides is 1. The third kappa shape index (κ3) is 4.76. The zero-order valence-electron chi connectivity index (χ0n) is 10.2. The van der Waals surface area contributed by atoms with Gasteiger partial charge in [-0.3, -0.25) is 4.79 Å². The average Bonchev–Trinajstić information content (AvgIpc) is 1.95. The zero-order chi connectivity index (χ0) is 11.4. The van der Waals surface area contributed by atoms with Crippen LogP contribution in [0.3, 0.4) is 0 Å². The van der Waals surface area contributed by atoms with Crippen molar-refractivity contribution in [2.24, 2.45) is 0 Å². The summed E-state index contributed by atoms with van der Waals surface area (Å²) in [5.41, 5.74) is 0. The normalized spacial score (nSPS) is 12.7. The van der Waals surface area contributed by atoms with Crippen LogP contribution in [0.5, 0.6) is 0 Å². The van der Waals surface area contributed by atoms with Crippen LogP contribution in [0.25, 0.3) is 0 Å². The number of nitrogens with one attached hydrogen (secondary N) is 1. The second kappa shape index (κ2) is 4.93. The highest BCUT2D eigenvalue weighted by Crippen LogP contribution is 2.36. The van der Waals surface area contributed by atoms with Crippen LogP contribution >= 0.6 is 0 Å². The number of carbonyl (C=O) groups excluding carboxylic acids is 1. The van der Waals surface area contributed by atoms with Gasteiger partial charge in [0.2, 0.25) is 5.91 Å². The molecule has 0 saturated carbocycles. The van der Waals surface area contributed by atoms with E-state index in [1.54, 1.807) is 0 Å². The standard InChI is InChI=1S/C10H23NO2Si/c1-9(12)11-7-8-13-14(5,6)10(2,3)4/h7-8H2,1-6H3,(H,11,12). The van der Waals surface area contributed by atoms with Gasteiger partial charge < -0.3 is 9.74 Å². The van der Waals surface area contributed by atoms with E-state index in [2.05, 4.69) is 39.2 Å². The Bertz CT molecular complexity index is 197. The van der Waals surface area contributed by atoms with Gasteiger partial charge in [0, 0.05) is 13.5 Å². The molecule has 0 fully saturated rings. The summed E-state index contributed by atoms with van der Waals surface area (Å²) in [5.74, 6) is 0.00355. The van der Waals surface area contributed by atoms with Gasteiger partial charge >= 0.3 is 0 Å². The topological polar surface area (TPSA) is 38.3 Å². The number of hydrogen-bond donors (Lipinski definition) is 1. The fraction of sp³-hybridized carbons (Fsp3) is 0.900. The summed E-state index contributed by atoms with van der Waals surface area (Å²) in [6.07, 6.45) is 0. The number of rotatable bonds is 4. The van der Waals surface area contributed by atoms with Crippen LogP contribution in [0.1, 0.15) is 27.7 Å². The molecule has 3 nitrogen and oxygen atoms in total. The maximum atomic E-state index is 10.6. The van der Waals surface area contributed by atoms with Crippen LogP contribution in [-0.2, 0) is 9.22 Å². The van der Waals surface area contributed by atoms with E-state index < -0.39 is 8.32 Å². The van der Waals surface area contributed by atoms with Crippen molar-refractivity contribution in [3.05, 3.63) is 0 Å². The minimum absolute atomic E-state index is 0.00355. The first-order chi connectivity index (χ1) is 6.17. The van der Waals surface area contributed by atoms with Crippen LogP contribution in [-0.4, -0.2) is 27.4 Å². The lowest BCUT2D eigenvalue weighted by Crippen LogP contribution is -2.42. The lowest BCUT2D eigenvalue weighted by Gasteiger charge is -2.36. The van der Waals surface area contributed by atoms with Gasteiger partial charge in [-0.25, -0.2) is 0 Å². The maximum absolute atomic E-state index is 10.6. The number of hydrogen-bond acceptors (Lipinski definition) is 2. The highest BCUT2D eigenvalue weighted by molar-refractivity contribution is 6.74. The fourth-order valence-electron chi connectivity index (χ4n) is 0.750. The summed E-state index contributed by atoms with van der Waals surface area (Å²) < 4.78 is 5.87. The largest absolute Gasteiger partial charge is 0.415 e. The first-order valence-electron chi connectivity index (χ1n) is 5.05. The van der Waals surface area contributed by atoms with Crippen LogP contribution in [0.2, 0.25) is 18.1 Å². The van der Waals surface area contributed by atoms with E-state index in [0.29, 0.717) is 13.2 Å². The Morgan fingerprint density at radius 3 is 2.21 bits per heavy atom. The maximum Gasteiger partial charge on any atom is 0.216 e. The van der Waals surface area contributed by atoms with E-state index >= 15 is 0 Å². The van der Waals surface area contributed by atoms with E-state index in [1.165, 1.54) is 6.92 Å². The first kappa shape index (κ1) is 13.6. The highest BCUT2D eigenvalue weighted by atomic mass is 28.4. The van der Waals surface area contributed by atoms with E-state index in [4.69, 9.17) is 4.43 Å². The third-order valence-electron chi connectivity index (χ3n) is 2.75. The zero-order valence-corrected chi connectivity index (χ0v) is 11.2. The molecule has 84 valence electrons. The van der Waals surface area contributed by atoms with Gasteiger partial charge in [-0.05, 0) is 18.1 Å². The van der Waals surface area contributed by atoms with Gasteiger partial charge in [0.05, 0.1) is 6.61 Å². The van der Waals surface area contributed by atoms with Gasteiger partial charge in [0.15, 0.2) is 8.32 Å². The molecule has 1 amide bonds. The Hall–Kier alpha value is -0.353. The van der Waals surface area contributed by atoms with Crippen LogP contribution in [0.15, 0.2) is 0 Å². The van der Waals surface area contributed by atoms with Crippen molar-refractivity contribution in [1.82, 2.24) is 5.32 Å². The molecule has 0 saturated heterocycles. The molecule has 0 radical (unpaired) electrons. The van der Waals surface area contributed by atoms with Crippen molar-refractivity contribution >= 4 is 14.2 Å². The monoisotopic (exact) mass is 217 g/mol. The fourth-order valence-corrected chi connectivity index (χ4v) is 1.80. The summed E-state index contributed by atoms with van der Waals surface area (Å²) in [4.78, 5) is 10.6. The summed E-state index contributed by atoms with van der Waals surface area (Å²) in [6, 6.07) is 0. The van der Waals surface area contributed by atoms with Crippen molar-refractivity contribution in [2.45, 2.75) is 45.8 Å². The van der Waals surface area contributed by atoms with Crippen molar-refractivity contribution < 1.29 is 9.22 Å². The SMILES string of the molecule is CC(=O)NCCO[Si](C)(C)C(C)(C)C. The lowest BCUT2D eigenvalue weighted by atomic mass is 10.2. The third-order valence-corrected chi connectivity index (χ3v) is 7.28. The second-order valence-corrected chi connectivity index (χ2v) is 9.90. The molecular weight excluding hydrogens is 194 g/mol. The Kier molecular flexibility index (Phi) is 4.81. The molecule has 0 unspecified atom stereocenters. The molecule has 0 heterocycles. The van der Waals surface area contributed by atoms with E-state index in [0.717, 1.165) is 0 Å². The highest BCUT2D eigenvalue weighted by Gasteiger charge is 2.36. The van der Waals surface area contributed by atoms with Crippen molar-refractivity contribution in [1.29, 1.82) is 0 Å². The molecular formula is C10H23NO2Si. The van der Waals surface area contributed by atoms with Crippen LogP contribution < -0.4 is 5.32 Å². The summed E-state index contributed by atoms with van der Waals surface area (Å²) in [6.45, 7) is 13.8. The molecule has 0 aromatic carbocycles. The molecule has 0 aromatic heterocycles. The summed E-state index contributed by atoms with van der Waals surface area (Å²) in [5, 5.41) is 2.97. The van der Waals surface area contributed by atoms with Crippen LogP contribution in [0.4, 0.5) is 0 Å². The van der Waals surface area contributed by atoms with E-state index in [-0.39, 0.29) is 10.9 Å². The average molecular weight is 217 g/mol. The molecule has 1 N–H and O–H groups in total. The minimum Gasteiger partial charge on any atom is -0.415 e. The molecule has 0 bridgehead atoms. The van der Waals surface area contributed by atoms with Crippen LogP contribution in [0, 0.1) is 0 Å². The number of carbonyl (C=O) groups is 1. The predicted octanol–water partition coefficient (Wildman–Crippen LogP) is 2.14. The van der Waals surface area contributed by atoms with Crippen molar-refractivity contribution in [3.8, 4) is 0 Å². The Balaban J connectivity index is 3.83. The molecule has 0 atom stereocenters. The summed E-state index contributed by atoms with van der Waals surface area (Å²) >= 11 is 0.